The van der Waals surface area contributed by atoms with Crippen molar-refractivity contribution in [2.45, 2.75) is 38.9 Å². The van der Waals surface area contributed by atoms with Gasteiger partial charge in [-0.15, -0.1) is 0 Å². The number of carboxylic acid groups (broad SMARTS) is 1. The van der Waals surface area contributed by atoms with Gasteiger partial charge in [0.05, 0.1) is 11.8 Å². The largest absolute Gasteiger partial charge is 0.490 e. The van der Waals surface area contributed by atoms with Gasteiger partial charge in [0.25, 0.3) is 0 Å². The third-order valence-electron chi connectivity index (χ3n) is 2.88. The van der Waals surface area contributed by atoms with E-state index >= 15 is 0 Å². The highest BCUT2D eigenvalue weighted by molar-refractivity contribution is 6.06. The summed E-state index contributed by atoms with van der Waals surface area (Å²) < 4.78 is 5.70. The van der Waals surface area contributed by atoms with Gasteiger partial charge >= 0.3 is 5.97 Å². The predicted molar refractivity (Wildman–Crippen MR) is 70.5 cm³/mol. The van der Waals surface area contributed by atoms with Crippen molar-refractivity contribution in [1.29, 1.82) is 0 Å². The molecule has 0 aliphatic carbocycles. The number of rotatable bonds is 4. The van der Waals surface area contributed by atoms with Crippen LogP contribution in [0, 0.1) is 0 Å². The molecule has 1 aromatic carbocycles. The summed E-state index contributed by atoms with van der Waals surface area (Å²) in [7, 11) is 0. The van der Waals surface area contributed by atoms with Crippen molar-refractivity contribution in [2.24, 2.45) is 5.16 Å². The summed E-state index contributed by atoms with van der Waals surface area (Å²) in [5.74, 6) is -0.331. The quantitative estimate of drug-likeness (QED) is 0.906. The Balaban J connectivity index is 2.27. The van der Waals surface area contributed by atoms with Crippen molar-refractivity contribution in [3.05, 3.63) is 29.8 Å². The highest BCUT2D eigenvalue weighted by atomic mass is 16.7. The first-order valence-electron chi connectivity index (χ1n) is 6.17. The van der Waals surface area contributed by atoms with E-state index in [9.17, 15) is 4.79 Å². The Morgan fingerprint density at radius 2 is 2.16 bits per heavy atom. The highest BCUT2D eigenvalue weighted by Crippen LogP contribution is 2.30. The van der Waals surface area contributed by atoms with E-state index in [4.69, 9.17) is 14.7 Å². The molecule has 0 bridgehead atoms. The Labute approximate surface area is 111 Å². The van der Waals surface area contributed by atoms with Gasteiger partial charge in [-0.1, -0.05) is 17.3 Å². The van der Waals surface area contributed by atoms with E-state index < -0.39 is 11.6 Å². The van der Waals surface area contributed by atoms with E-state index in [1.54, 1.807) is 0 Å². The zero-order valence-electron chi connectivity index (χ0n) is 11.2. The monoisotopic (exact) mass is 263 g/mol. The fraction of sp³-hybridized carbons (Fsp3) is 0.429. The Bertz CT molecular complexity index is 524. The summed E-state index contributed by atoms with van der Waals surface area (Å²) in [4.78, 5) is 16.2. The Kier molecular flexibility index (Phi) is 3.46. The topological polar surface area (TPSA) is 68.1 Å². The van der Waals surface area contributed by atoms with Gasteiger partial charge < -0.3 is 14.7 Å². The molecule has 1 heterocycles. The molecule has 1 N–H and O–H groups in total. The smallest absolute Gasteiger partial charge is 0.351 e. The molecule has 0 aromatic heterocycles. The van der Waals surface area contributed by atoms with Crippen LogP contribution in [0.15, 0.2) is 29.4 Å². The minimum atomic E-state index is -1.29. The summed E-state index contributed by atoms with van der Waals surface area (Å²) in [5, 5.41) is 13.0. The maximum absolute atomic E-state index is 11.1. The molecule has 5 heteroatoms. The summed E-state index contributed by atoms with van der Waals surface area (Å²) in [6.07, 6.45) is 0.260. The van der Waals surface area contributed by atoms with E-state index in [2.05, 4.69) is 5.16 Å². The second-order valence-electron chi connectivity index (χ2n) is 5.00. The fourth-order valence-corrected chi connectivity index (χ4v) is 1.86. The van der Waals surface area contributed by atoms with Crippen LogP contribution >= 0.6 is 0 Å². The molecule has 0 spiro atoms. The van der Waals surface area contributed by atoms with Crippen molar-refractivity contribution in [3.8, 4) is 5.75 Å². The fourth-order valence-electron chi connectivity index (χ4n) is 1.86. The number of nitrogens with zero attached hydrogens (tertiary/aromatic N) is 1. The van der Waals surface area contributed by atoms with Crippen LogP contribution < -0.4 is 4.74 Å². The first-order valence-corrected chi connectivity index (χ1v) is 6.17. The number of benzene rings is 1. The molecule has 0 fully saturated rings. The SMILES string of the molecule is CC(C)Oc1ccccc1C1=NO[C@@](C)(C(=O)O)C1. The second-order valence-corrected chi connectivity index (χ2v) is 5.00. The van der Waals surface area contributed by atoms with E-state index in [0.29, 0.717) is 11.5 Å². The molecule has 102 valence electrons. The van der Waals surface area contributed by atoms with Crippen LogP contribution in [0.1, 0.15) is 32.8 Å². The van der Waals surface area contributed by atoms with Crippen LogP contribution in [0.3, 0.4) is 0 Å². The van der Waals surface area contributed by atoms with Gasteiger partial charge in [-0.05, 0) is 32.9 Å². The lowest BCUT2D eigenvalue weighted by Gasteiger charge is -2.16. The number of para-hydroxylation sites is 1. The lowest BCUT2D eigenvalue weighted by molar-refractivity contribution is -0.160. The van der Waals surface area contributed by atoms with Gasteiger partial charge in [-0.3, -0.25) is 0 Å². The van der Waals surface area contributed by atoms with Gasteiger partial charge in [0.1, 0.15) is 5.75 Å². The summed E-state index contributed by atoms with van der Waals surface area (Å²) in [6.45, 7) is 5.38. The first-order chi connectivity index (χ1) is 8.92. The Hall–Kier alpha value is -2.04. The van der Waals surface area contributed by atoms with E-state index in [1.807, 2.05) is 38.1 Å². The number of carboxylic acids is 1. The van der Waals surface area contributed by atoms with Crippen molar-refractivity contribution < 1.29 is 19.5 Å². The molecular weight excluding hydrogens is 246 g/mol. The molecule has 1 aliphatic heterocycles. The van der Waals surface area contributed by atoms with Crippen molar-refractivity contribution in [1.82, 2.24) is 0 Å². The molecule has 1 aromatic rings. The van der Waals surface area contributed by atoms with Crippen molar-refractivity contribution in [3.63, 3.8) is 0 Å². The van der Waals surface area contributed by atoms with E-state index in [0.717, 1.165) is 5.56 Å². The summed E-state index contributed by atoms with van der Waals surface area (Å²) >= 11 is 0. The number of hydrogen-bond donors (Lipinski definition) is 1. The maximum Gasteiger partial charge on any atom is 0.351 e. The van der Waals surface area contributed by atoms with Gasteiger partial charge in [0.2, 0.25) is 5.60 Å². The Morgan fingerprint density at radius 3 is 2.74 bits per heavy atom. The number of aliphatic carboxylic acids is 1. The van der Waals surface area contributed by atoms with Crippen LogP contribution in [0.5, 0.6) is 5.75 Å². The van der Waals surface area contributed by atoms with Crippen molar-refractivity contribution >= 4 is 11.7 Å². The molecule has 1 atom stereocenters. The summed E-state index contributed by atoms with van der Waals surface area (Å²) in [6, 6.07) is 7.43. The molecule has 0 saturated heterocycles. The molecule has 0 saturated carbocycles. The molecule has 0 unspecified atom stereocenters. The first kappa shape index (κ1) is 13.4. The standard InChI is InChI=1S/C14H17NO4/c1-9(2)18-12-7-5-4-6-10(12)11-8-14(3,13(16)17)19-15-11/h4-7,9H,8H2,1-3H3,(H,16,17)/t14-/m1/s1. The number of carbonyl (C=O) groups is 1. The summed E-state index contributed by atoms with van der Waals surface area (Å²) in [5.41, 5.74) is 0.0858. The third-order valence-corrected chi connectivity index (χ3v) is 2.88. The van der Waals surface area contributed by atoms with Crippen LogP contribution in [0.4, 0.5) is 0 Å². The molecule has 1 aliphatic rings. The Morgan fingerprint density at radius 1 is 1.47 bits per heavy atom. The molecule has 2 rings (SSSR count). The number of ether oxygens (including phenoxy) is 1. The number of hydrogen-bond acceptors (Lipinski definition) is 4. The average molecular weight is 263 g/mol. The molecular formula is C14H17NO4. The average Bonchev–Trinajstić information content (AvgIpc) is 2.73. The van der Waals surface area contributed by atoms with Gasteiger partial charge in [-0.25, -0.2) is 4.79 Å². The molecule has 5 nitrogen and oxygen atoms in total. The normalized spacial score (nSPS) is 22.0. The lowest BCUT2D eigenvalue weighted by Crippen LogP contribution is -2.35. The predicted octanol–water partition coefficient (Wildman–Crippen LogP) is 2.44. The third kappa shape index (κ3) is 2.70. The van der Waals surface area contributed by atoms with Crippen LogP contribution in [0.25, 0.3) is 0 Å². The molecule has 0 radical (unpaired) electrons. The zero-order chi connectivity index (χ0) is 14.0. The minimum absolute atomic E-state index is 0.0370. The van der Waals surface area contributed by atoms with Crippen LogP contribution in [0.2, 0.25) is 0 Å². The molecule has 19 heavy (non-hydrogen) atoms. The van der Waals surface area contributed by atoms with Crippen LogP contribution in [-0.4, -0.2) is 28.5 Å². The van der Waals surface area contributed by atoms with E-state index in [1.165, 1.54) is 6.92 Å². The molecule has 0 amide bonds. The van der Waals surface area contributed by atoms with E-state index in [-0.39, 0.29) is 12.5 Å². The highest BCUT2D eigenvalue weighted by Gasteiger charge is 2.42. The second kappa shape index (κ2) is 4.91. The maximum atomic E-state index is 11.1. The van der Waals surface area contributed by atoms with Gasteiger partial charge in [0.15, 0.2) is 0 Å². The van der Waals surface area contributed by atoms with Crippen molar-refractivity contribution in [2.75, 3.05) is 0 Å². The zero-order valence-corrected chi connectivity index (χ0v) is 11.2. The van der Waals surface area contributed by atoms with Crippen LogP contribution in [-0.2, 0) is 9.63 Å². The number of oxime groups is 1. The minimum Gasteiger partial charge on any atom is -0.490 e. The lowest BCUT2D eigenvalue weighted by atomic mass is 9.96. The van der Waals surface area contributed by atoms with Gasteiger partial charge in [0, 0.05) is 12.0 Å². The van der Waals surface area contributed by atoms with Gasteiger partial charge in [-0.2, -0.15) is 0 Å².